The third-order valence-corrected chi connectivity index (χ3v) is 6.22. The maximum Gasteiger partial charge on any atom is 0.416 e. The van der Waals surface area contributed by atoms with E-state index in [1.807, 2.05) is 6.07 Å². The first-order valence-electron chi connectivity index (χ1n) is 12.6. The van der Waals surface area contributed by atoms with Crippen LogP contribution >= 0.6 is 0 Å². The fourth-order valence-corrected chi connectivity index (χ4v) is 4.20. The highest BCUT2D eigenvalue weighted by Gasteiger charge is 2.43. The van der Waals surface area contributed by atoms with Gasteiger partial charge >= 0.3 is 18.2 Å². The number of carbonyl (C=O) groups is 2. The predicted molar refractivity (Wildman–Crippen MR) is 138 cm³/mol. The van der Waals surface area contributed by atoms with Crippen molar-refractivity contribution in [2.75, 3.05) is 13.2 Å². The van der Waals surface area contributed by atoms with Gasteiger partial charge in [0.05, 0.1) is 24.5 Å². The summed E-state index contributed by atoms with van der Waals surface area (Å²) in [6.45, 7) is 7.41. The Balaban J connectivity index is 1.67. The second-order valence-electron chi connectivity index (χ2n) is 10.5. The number of carbonyl (C=O) groups excluding carboxylic acids is 1. The zero-order chi connectivity index (χ0) is 29.3. The Hall–Kier alpha value is -4.06. The first-order valence-corrected chi connectivity index (χ1v) is 12.6. The van der Waals surface area contributed by atoms with Gasteiger partial charge in [-0.3, -0.25) is 0 Å². The van der Waals surface area contributed by atoms with E-state index in [0.717, 1.165) is 29.8 Å². The molecule has 0 spiro atoms. The number of carboxylic acids is 1. The van der Waals surface area contributed by atoms with Crippen LogP contribution in [0.15, 0.2) is 54.6 Å². The van der Waals surface area contributed by atoms with Crippen molar-refractivity contribution in [1.29, 1.82) is 0 Å². The highest BCUT2D eigenvalue weighted by molar-refractivity contribution is 5.73. The van der Waals surface area contributed by atoms with Crippen molar-refractivity contribution >= 4 is 12.1 Å². The zero-order valence-corrected chi connectivity index (χ0v) is 22.4. The van der Waals surface area contributed by atoms with Crippen LogP contribution in [-0.2, 0) is 26.0 Å². The van der Waals surface area contributed by atoms with E-state index in [1.165, 1.54) is 10.7 Å². The summed E-state index contributed by atoms with van der Waals surface area (Å²) in [5.41, 5.74) is -0.646. The van der Waals surface area contributed by atoms with Gasteiger partial charge in [0, 0.05) is 11.6 Å². The molecule has 2 N–H and O–H groups in total. The Bertz CT molecular complexity index is 1380. The van der Waals surface area contributed by atoms with E-state index < -0.39 is 41.0 Å². The first-order chi connectivity index (χ1) is 18.7. The average molecular weight is 562 g/mol. The van der Waals surface area contributed by atoms with Crippen molar-refractivity contribution in [3.05, 3.63) is 65.7 Å². The second kappa shape index (κ2) is 10.8. The molecule has 3 aromatic rings. The SMILES string of the molecule is CCC(C(=O)O)n1nc(-c2cccc(C3(NC(=O)OC(C)(C)C)COC3)c2)cc1Oc1ccc(C(F)(F)F)cc1. The lowest BCUT2D eigenvalue weighted by Gasteiger charge is -2.42. The molecule has 2 aromatic carbocycles. The van der Waals surface area contributed by atoms with Gasteiger partial charge < -0.3 is 24.6 Å². The van der Waals surface area contributed by atoms with Crippen LogP contribution in [0.2, 0.25) is 0 Å². The largest absolute Gasteiger partial charge is 0.480 e. The topological polar surface area (TPSA) is 112 Å². The summed E-state index contributed by atoms with van der Waals surface area (Å²) in [6, 6.07) is 11.7. The molecule has 4 rings (SSSR count). The molecule has 214 valence electrons. The van der Waals surface area contributed by atoms with Gasteiger partial charge in [-0.1, -0.05) is 25.1 Å². The number of aromatic nitrogens is 2. The summed E-state index contributed by atoms with van der Waals surface area (Å²) < 4.78 is 56.8. The van der Waals surface area contributed by atoms with Crippen molar-refractivity contribution in [1.82, 2.24) is 15.1 Å². The van der Waals surface area contributed by atoms with Gasteiger partial charge in [-0.15, -0.1) is 0 Å². The smallest absolute Gasteiger partial charge is 0.416 e. The number of hydrogen-bond donors (Lipinski definition) is 2. The number of nitrogens with one attached hydrogen (secondary N) is 1. The van der Waals surface area contributed by atoms with Crippen molar-refractivity contribution in [3.63, 3.8) is 0 Å². The number of aliphatic carboxylic acids is 1. The van der Waals surface area contributed by atoms with Crippen LogP contribution in [0.4, 0.5) is 18.0 Å². The Kier molecular flexibility index (Phi) is 7.84. The van der Waals surface area contributed by atoms with Gasteiger partial charge in [-0.2, -0.15) is 18.3 Å². The number of hydrogen-bond acceptors (Lipinski definition) is 6. The highest BCUT2D eigenvalue weighted by atomic mass is 19.4. The molecule has 12 heteroatoms. The molecule has 9 nitrogen and oxygen atoms in total. The molecular weight excluding hydrogens is 531 g/mol. The molecule has 1 aliphatic heterocycles. The number of nitrogens with zero attached hydrogens (tertiary/aromatic N) is 2. The van der Waals surface area contributed by atoms with Crippen molar-refractivity contribution in [3.8, 4) is 22.9 Å². The number of alkyl halides is 3. The Morgan fingerprint density at radius 3 is 2.33 bits per heavy atom. The van der Waals surface area contributed by atoms with Crippen LogP contribution < -0.4 is 10.1 Å². The minimum Gasteiger partial charge on any atom is -0.480 e. The van der Waals surface area contributed by atoms with E-state index in [1.54, 1.807) is 45.9 Å². The minimum absolute atomic E-state index is 0.0444. The van der Waals surface area contributed by atoms with Crippen LogP contribution in [0.5, 0.6) is 11.6 Å². The van der Waals surface area contributed by atoms with Crippen LogP contribution in [0, 0.1) is 0 Å². The minimum atomic E-state index is -4.50. The Labute approximate surface area is 228 Å². The highest BCUT2D eigenvalue weighted by Crippen LogP contribution is 2.36. The number of amides is 1. The monoisotopic (exact) mass is 561 g/mol. The van der Waals surface area contributed by atoms with Crippen LogP contribution in [0.1, 0.15) is 51.3 Å². The molecule has 1 aliphatic rings. The third-order valence-electron chi connectivity index (χ3n) is 6.22. The summed E-state index contributed by atoms with van der Waals surface area (Å²) >= 11 is 0. The molecular formula is C28H30F3N3O6. The number of rotatable bonds is 8. The number of carboxylic acid groups (broad SMARTS) is 1. The lowest BCUT2D eigenvalue weighted by Crippen LogP contribution is -2.60. The van der Waals surface area contributed by atoms with Crippen LogP contribution in [0.3, 0.4) is 0 Å². The molecule has 0 aliphatic carbocycles. The maximum absolute atomic E-state index is 13.0. The van der Waals surface area contributed by atoms with Gasteiger partial charge in [0.2, 0.25) is 5.88 Å². The number of ether oxygens (including phenoxy) is 3. The van der Waals surface area contributed by atoms with Crippen molar-refractivity contribution in [2.24, 2.45) is 0 Å². The Morgan fingerprint density at radius 1 is 1.12 bits per heavy atom. The van der Waals surface area contributed by atoms with Crippen molar-refractivity contribution in [2.45, 2.75) is 57.5 Å². The average Bonchev–Trinajstić information content (AvgIpc) is 3.23. The lowest BCUT2D eigenvalue weighted by molar-refractivity contribution is -0.141. The van der Waals surface area contributed by atoms with Gasteiger partial charge in [0.1, 0.15) is 16.9 Å². The first kappa shape index (κ1) is 28.9. The predicted octanol–water partition coefficient (Wildman–Crippen LogP) is 6.15. The fourth-order valence-electron chi connectivity index (χ4n) is 4.20. The number of alkyl carbamates (subject to hydrolysis) is 1. The molecule has 1 unspecified atom stereocenters. The third kappa shape index (κ3) is 6.39. The lowest BCUT2D eigenvalue weighted by atomic mass is 9.87. The summed E-state index contributed by atoms with van der Waals surface area (Å²) in [5, 5.41) is 17.2. The molecule has 0 saturated carbocycles. The molecule has 1 fully saturated rings. The number of benzene rings is 2. The van der Waals surface area contributed by atoms with Crippen LogP contribution in [0.25, 0.3) is 11.3 Å². The molecule has 1 saturated heterocycles. The molecule has 1 atom stereocenters. The van der Waals surface area contributed by atoms with E-state index in [9.17, 15) is 27.9 Å². The van der Waals surface area contributed by atoms with Gasteiger partial charge in [0.15, 0.2) is 6.04 Å². The van der Waals surface area contributed by atoms with Gasteiger partial charge in [-0.25, -0.2) is 14.3 Å². The van der Waals surface area contributed by atoms with Gasteiger partial charge in [0.25, 0.3) is 0 Å². The second-order valence-corrected chi connectivity index (χ2v) is 10.5. The van der Waals surface area contributed by atoms with Crippen LogP contribution in [-0.4, -0.2) is 45.8 Å². The summed E-state index contributed by atoms with van der Waals surface area (Å²) in [7, 11) is 0. The normalized spacial score (nSPS) is 15.6. The van der Waals surface area contributed by atoms with E-state index in [0.29, 0.717) is 11.3 Å². The number of halogens is 3. The van der Waals surface area contributed by atoms with E-state index in [-0.39, 0.29) is 31.3 Å². The summed E-state index contributed by atoms with van der Waals surface area (Å²) in [5.74, 6) is -1.01. The molecule has 1 amide bonds. The standard InChI is InChI=1S/C28H30F3N3O6/c1-5-22(24(35)36)34-23(39-20-11-9-18(10-12-20)28(29,30)31)14-21(33-34)17-7-6-8-19(13-17)27(15-38-16-27)32-25(37)40-26(2,3)4/h6-14,22H,5,15-16H2,1-4H3,(H,32,37)(H,35,36). The molecule has 0 bridgehead atoms. The summed E-state index contributed by atoms with van der Waals surface area (Å²) in [6.07, 6.45) is -4.92. The van der Waals surface area contributed by atoms with Gasteiger partial charge in [-0.05, 0) is 63.1 Å². The molecule has 1 aromatic heterocycles. The van der Waals surface area contributed by atoms with E-state index >= 15 is 0 Å². The molecule has 2 heterocycles. The maximum atomic E-state index is 13.0. The molecule has 0 radical (unpaired) electrons. The fraction of sp³-hybridized carbons (Fsp3) is 0.393. The quantitative estimate of drug-likeness (QED) is 0.339. The Morgan fingerprint density at radius 2 is 1.80 bits per heavy atom. The van der Waals surface area contributed by atoms with E-state index in [4.69, 9.17) is 14.2 Å². The zero-order valence-electron chi connectivity index (χ0n) is 22.4. The molecule has 40 heavy (non-hydrogen) atoms. The van der Waals surface area contributed by atoms with E-state index in [2.05, 4.69) is 10.4 Å². The summed E-state index contributed by atoms with van der Waals surface area (Å²) in [4.78, 5) is 24.5. The van der Waals surface area contributed by atoms with Crippen molar-refractivity contribution < 1.29 is 42.1 Å².